The second-order valence-corrected chi connectivity index (χ2v) is 4.63. The van der Waals surface area contributed by atoms with E-state index < -0.39 is 6.03 Å². The molecule has 1 unspecified atom stereocenters. The van der Waals surface area contributed by atoms with Crippen molar-refractivity contribution in [2.24, 2.45) is 4.99 Å². The van der Waals surface area contributed by atoms with Gasteiger partial charge in [0.25, 0.3) is 0 Å². The highest BCUT2D eigenvalue weighted by molar-refractivity contribution is 5.99. The van der Waals surface area contributed by atoms with Crippen LogP contribution in [-0.2, 0) is 4.79 Å². The lowest BCUT2D eigenvalue weighted by Crippen LogP contribution is -2.43. The predicted octanol–water partition coefficient (Wildman–Crippen LogP) is 1.23. The number of imide groups is 1. The summed E-state index contributed by atoms with van der Waals surface area (Å²) in [6.45, 7) is 5.14. The maximum absolute atomic E-state index is 12.1. The molecule has 0 bridgehead atoms. The van der Waals surface area contributed by atoms with Crippen molar-refractivity contribution in [1.82, 2.24) is 14.7 Å². The van der Waals surface area contributed by atoms with Crippen LogP contribution in [0, 0.1) is 0 Å². The lowest BCUT2D eigenvalue weighted by Gasteiger charge is -2.26. The van der Waals surface area contributed by atoms with Gasteiger partial charge in [0.1, 0.15) is 0 Å². The number of hydrogen-bond acceptors (Lipinski definition) is 2. The molecule has 0 rings (SSSR count). The summed E-state index contributed by atoms with van der Waals surface area (Å²) in [7, 11) is 7.20. The average molecular weight is 256 g/mol. The monoisotopic (exact) mass is 256 g/mol. The van der Waals surface area contributed by atoms with Crippen molar-refractivity contribution < 1.29 is 9.59 Å². The molecule has 104 valence electrons. The Morgan fingerprint density at radius 3 is 1.83 bits per heavy atom. The number of rotatable bonds is 2. The minimum absolute atomic E-state index is 0.149. The fourth-order valence-electron chi connectivity index (χ4n) is 1.56. The summed E-state index contributed by atoms with van der Waals surface area (Å²) in [6, 6.07) is -0.668. The zero-order valence-electron chi connectivity index (χ0n) is 12.4. The van der Waals surface area contributed by atoms with Crippen molar-refractivity contribution in [1.29, 1.82) is 0 Å². The van der Waals surface area contributed by atoms with E-state index in [0.717, 1.165) is 0 Å². The molecule has 0 aromatic rings. The zero-order chi connectivity index (χ0) is 14.5. The third-order valence-electron chi connectivity index (χ3n) is 2.57. The van der Waals surface area contributed by atoms with Gasteiger partial charge in [-0.1, -0.05) is 6.92 Å². The molecular formula is C12H24N4O2. The summed E-state index contributed by atoms with van der Waals surface area (Å²) >= 11 is 0. The maximum atomic E-state index is 12.1. The Bertz CT molecular complexity index is 327. The number of nitrogens with zero attached hydrogens (tertiary/aromatic N) is 4. The van der Waals surface area contributed by atoms with Crippen LogP contribution in [0.2, 0.25) is 0 Å². The highest BCUT2D eigenvalue weighted by Gasteiger charge is 2.23. The fourth-order valence-corrected chi connectivity index (χ4v) is 1.56. The van der Waals surface area contributed by atoms with Gasteiger partial charge in [0.15, 0.2) is 0 Å². The first-order chi connectivity index (χ1) is 8.22. The smallest absolute Gasteiger partial charge is 0.349 e. The van der Waals surface area contributed by atoms with E-state index in [0.29, 0.717) is 12.4 Å². The lowest BCUT2D eigenvalue weighted by atomic mass is 10.2. The molecule has 0 aliphatic carbocycles. The lowest BCUT2D eigenvalue weighted by molar-refractivity contribution is -0.127. The van der Waals surface area contributed by atoms with E-state index in [1.54, 1.807) is 38.0 Å². The Hall–Kier alpha value is -1.59. The number of carbonyl (C=O) groups is 2. The second-order valence-electron chi connectivity index (χ2n) is 4.63. The Morgan fingerprint density at radius 2 is 1.56 bits per heavy atom. The van der Waals surface area contributed by atoms with Gasteiger partial charge in [0.05, 0.1) is 0 Å². The summed E-state index contributed by atoms with van der Waals surface area (Å²) < 4.78 is 0. The van der Waals surface area contributed by atoms with Gasteiger partial charge in [-0.3, -0.25) is 9.69 Å². The molecule has 0 saturated heterocycles. The largest absolute Gasteiger partial charge is 0.353 e. The fraction of sp³-hybridized carbons (Fsp3) is 0.750. The molecule has 3 amide bonds. The number of urea groups is 1. The summed E-state index contributed by atoms with van der Waals surface area (Å²) in [5.41, 5.74) is 0. The standard InChI is InChI=1S/C12H24N4O2/c1-8-9(2)16(10(3)17)12(18)13-11(14(4)5)15(6)7/h9H,8H2,1-7H3. The third kappa shape index (κ3) is 4.35. The van der Waals surface area contributed by atoms with Crippen LogP contribution in [-0.4, -0.2) is 66.8 Å². The molecule has 0 radical (unpaired) electrons. The van der Waals surface area contributed by atoms with Gasteiger partial charge in [0.2, 0.25) is 11.9 Å². The van der Waals surface area contributed by atoms with Gasteiger partial charge < -0.3 is 9.80 Å². The number of hydrogen-bond donors (Lipinski definition) is 0. The molecule has 0 aliphatic rings. The van der Waals surface area contributed by atoms with Crippen molar-refractivity contribution in [2.45, 2.75) is 33.2 Å². The van der Waals surface area contributed by atoms with Crippen LogP contribution in [0.15, 0.2) is 4.99 Å². The summed E-state index contributed by atoms with van der Waals surface area (Å²) in [6.07, 6.45) is 0.708. The van der Waals surface area contributed by atoms with E-state index in [2.05, 4.69) is 4.99 Å². The van der Waals surface area contributed by atoms with Crippen LogP contribution >= 0.6 is 0 Å². The minimum Gasteiger partial charge on any atom is -0.349 e. The molecule has 0 fully saturated rings. The normalized spacial score (nSPS) is 11.5. The molecule has 0 aromatic heterocycles. The first kappa shape index (κ1) is 16.4. The van der Waals surface area contributed by atoms with Gasteiger partial charge in [-0.25, -0.2) is 4.79 Å². The molecular weight excluding hydrogens is 232 g/mol. The van der Waals surface area contributed by atoms with E-state index in [4.69, 9.17) is 0 Å². The summed E-state index contributed by atoms with van der Waals surface area (Å²) in [5, 5.41) is 0. The molecule has 0 aromatic carbocycles. The SMILES string of the molecule is CCC(C)N(C(C)=O)C(=O)N=C(N(C)C)N(C)C. The number of amides is 3. The van der Waals surface area contributed by atoms with Gasteiger partial charge in [-0.2, -0.15) is 4.99 Å². The molecule has 0 saturated carbocycles. The first-order valence-corrected chi connectivity index (χ1v) is 5.99. The number of guanidine groups is 1. The maximum Gasteiger partial charge on any atom is 0.353 e. The van der Waals surface area contributed by atoms with Gasteiger partial charge in [0, 0.05) is 41.2 Å². The van der Waals surface area contributed by atoms with Crippen molar-refractivity contribution in [3.05, 3.63) is 0 Å². The molecule has 18 heavy (non-hydrogen) atoms. The van der Waals surface area contributed by atoms with Gasteiger partial charge in [-0.05, 0) is 13.3 Å². The van der Waals surface area contributed by atoms with E-state index in [1.165, 1.54) is 11.8 Å². The second kappa shape index (κ2) is 6.98. The third-order valence-corrected chi connectivity index (χ3v) is 2.57. The number of aliphatic imine (C=N–C) groups is 1. The van der Waals surface area contributed by atoms with Crippen LogP contribution in [0.5, 0.6) is 0 Å². The quantitative estimate of drug-likeness (QED) is 0.551. The van der Waals surface area contributed by atoms with Crippen LogP contribution in [0.4, 0.5) is 4.79 Å². The highest BCUT2D eigenvalue weighted by Crippen LogP contribution is 2.07. The summed E-state index contributed by atoms with van der Waals surface area (Å²) in [4.78, 5) is 32.2. The Kier molecular flexibility index (Phi) is 6.36. The zero-order valence-corrected chi connectivity index (χ0v) is 12.4. The summed E-state index contributed by atoms with van der Waals surface area (Å²) in [5.74, 6) is 0.226. The van der Waals surface area contributed by atoms with Gasteiger partial charge >= 0.3 is 6.03 Å². The van der Waals surface area contributed by atoms with Crippen molar-refractivity contribution >= 4 is 17.9 Å². The molecule has 0 heterocycles. The molecule has 0 aliphatic heterocycles. The van der Waals surface area contributed by atoms with Crippen LogP contribution < -0.4 is 0 Å². The van der Waals surface area contributed by atoms with E-state index in [9.17, 15) is 9.59 Å². The molecule has 6 nitrogen and oxygen atoms in total. The Balaban J connectivity index is 5.21. The van der Waals surface area contributed by atoms with Crippen LogP contribution in [0.3, 0.4) is 0 Å². The van der Waals surface area contributed by atoms with E-state index in [-0.39, 0.29) is 11.9 Å². The molecule has 1 atom stereocenters. The van der Waals surface area contributed by atoms with Crippen LogP contribution in [0.1, 0.15) is 27.2 Å². The highest BCUT2D eigenvalue weighted by atomic mass is 16.2. The molecule has 0 spiro atoms. The topological polar surface area (TPSA) is 56.2 Å². The Morgan fingerprint density at radius 1 is 1.11 bits per heavy atom. The first-order valence-electron chi connectivity index (χ1n) is 5.99. The van der Waals surface area contributed by atoms with Crippen molar-refractivity contribution in [2.75, 3.05) is 28.2 Å². The van der Waals surface area contributed by atoms with Crippen LogP contribution in [0.25, 0.3) is 0 Å². The average Bonchev–Trinajstić information content (AvgIpc) is 2.24. The Labute approximate surface area is 109 Å². The number of carbonyl (C=O) groups excluding carboxylic acids is 2. The minimum atomic E-state index is -0.519. The predicted molar refractivity (Wildman–Crippen MR) is 72.5 cm³/mol. The van der Waals surface area contributed by atoms with Gasteiger partial charge in [-0.15, -0.1) is 0 Å². The van der Waals surface area contributed by atoms with Crippen molar-refractivity contribution in [3.8, 4) is 0 Å². The van der Waals surface area contributed by atoms with E-state index >= 15 is 0 Å². The molecule has 6 heteroatoms. The van der Waals surface area contributed by atoms with E-state index in [1.807, 2.05) is 13.8 Å². The molecule has 0 N–H and O–H groups in total. The van der Waals surface area contributed by atoms with Crippen molar-refractivity contribution in [3.63, 3.8) is 0 Å².